The first-order valence-corrected chi connectivity index (χ1v) is 5.43. The van der Waals surface area contributed by atoms with Crippen molar-refractivity contribution in [3.8, 4) is 0 Å². The molecule has 17 heavy (non-hydrogen) atoms. The molecular formula is C13H12N4. The maximum absolute atomic E-state index is 4.39. The maximum Gasteiger partial charge on any atom is 0.0924 e. The number of benzene rings is 1. The van der Waals surface area contributed by atoms with E-state index in [2.05, 4.69) is 22.2 Å². The average Bonchev–Trinajstić information content (AvgIpc) is 2.83. The summed E-state index contributed by atoms with van der Waals surface area (Å²) in [7, 11) is 1.98. The molecule has 0 atom stereocenters. The van der Waals surface area contributed by atoms with Crippen LogP contribution in [0.2, 0.25) is 0 Å². The molecule has 4 heteroatoms. The third kappa shape index (κ3) is 1.63. The largest absolute Gasteiger partial charge is 0.268 e. The van der Waals surface area contributed by atoms with E-state index < -0.39 is 0 Å². The highest BCUT2D eigenvalue weighted by Gasteiger charge is 2.07. The predicted molar refractivity (Wildman–Crippen MR) is 67.8 cm³/mol. The minimum absolute atomic E-state index is 1.05. The van der Waals surface area contributed by atoms with Crippen LogP contribution in [0, 0.1) is 0 Å². The van der Waals surface area contributed by atoms with Crippen molar-refractivity contribution in [3.05, 3.63) is 55.0 Å². The number of hydrogen-bond donors (Lipinski definition) is 0. The third-order valence-corrected chi connectivity index (χ3v) is 2.78. The Labute approximate surface area is 99.1 Å². The van der Waals surface area contributed by atoms with E-state index in [1.165, 1.54) is 0 Å². The van der Waals surface area contributed by atoms with Gasteiger partial charge in [0.1, 0.15) is 0 Å². The summed E-state index contributed by atoms with van der Waals surface area (Å²) < 4.78 is 0. The molecular weight excluding hydrogens is 212 g/mol. The zero-order valence-corrected chi connectivity index (χ0v) is 9.49. The average molecular weight is 224 g/mol. The lowest BCUT2D eigenvalue weighted by atomic mass is 10.3. The van der Waals surface area contributed by atoms with E-state index in [1.54, 1.807) is 12.4 Å². The van der Waals surface area contributed by atoms with Gasteiger partial charge in [-0.1, -0.05) is 18.2 Å². The Hall–Kier alpha value is -2.36. The van der Waals surface area contributed by atoms with E-state index in [9.17, 15) is 0 Å². The topological polar surface area (TPSA) is 34.0 Å². The molecule has 0 saturated carbocycles. The third-order valence-electron chi connectivity index (χ3n) is 2.78. The summed E-state index contributed by atoms with van der Waals surface area (Å²) in [6.07, 6.45) is 5.42. The summed E-state index contributed by atoms with van der Waals surface area (Å²) in [5.41, 5.74) is 2.14. The lowest BCUT2D eigenvalue weighted by Crippen LogP contribution is -2.25. The van der Waals surface area contributed by atoms with Crippen LogP contribution in [-0.4, -0.2) is 21.9 Å². The second-order valence-corrected chi connectivity index (χ2v) is 3.82. The molecule has 0 amide bonds. The molecule has 3 aromatic rings. The van der Waals surface area contributed by atoms with E-state index in [4.69, 9.17) is 0 Å². The van der Waals surface area contributed by atoms with Crippen LogP contribution in [0.5, 0.6) is 0 Å². The molecule has 0 saturated heterocycles. The molecule has 1 aromatic carbocycles. The van der Waals surface area contributed by atoms with Gasteiger partial charge in [-0.25, -0.2) is 0 Å². The van der Waals surface area contributed by atoms with Crippen LogP contribution in [0.4, 0.5) is 5.69 Å². The molecule has 0 aliphatic carbocycles. The molecule has 0 N–H and O–H groups in total. The highest BCUT2D eigenvalue weighted by atomic mass is 15.6. The first kappa shape index (κ1) is 9.84. The molecule has 0 aliphatic rings. The molecule has 84 valence electrons. The molecule has 0 bridgehead atoms. The minimum atomic E-state index is 1.05. The fourth-order valence-corrected chi connectivity index (χ4v) is 1.87. The van der Waals surface area contributed by atoms with Gasteiger partial charge in [-0.3, -0.25) is 9.99 Å². The number of hydrogen-bond acceptors (Lipinski definition) is 3. The predicted octanol–water partition coefficient (Wildman–Crippen LogP) is 2.33. The van der Waals surface area contributed by atoms with Gasteiger partial charge in [0.2, 0.25) is 0 Å². The number of aromatic nitrogens is 3. The van der Waals surface area contributed by atoms with Crippen LogP contribution in [-0.2, 0) is 0 Å². The molecule has 2 heterocycles. The number of fused-ring (bicyclic) bond motifs is 1. The van der Waals surface area contributed by atoms with Crippen molar-refractivity contribution in [2.45, 2.75) is 0 Å². The summed E-state index contributed by atoms with van der Waals surface area (Å²) in [6.45, 7) is 0. The van der Waals surface area contributed by atoms with Crippen molar-refractivity contribution in [3.63, 3.8) is 0 Å². The lowest BCUT2D eigenvalue weighted by Gasteiger charge is -2.19. The zero-order chi connectivity index (χ0) is 11.7. The Kier molecular flexibility index (Phi) is 2.26. The monoisotopic (exact) mass is 224 g/mol. The Balaban J connectivity index is 2.10. The number of anilines is 1. The van der Waals surface area contributed by atoms with E-state index in [0.717, 1.165) is 16.6 Å². The van der Waals surface area contributed by atoms with Crippen LogP contribution in [0.3, 0.4) is 0 Å². The number of nitrogens with zero attached hydrogens (tertiary/aromatic N) is 4. The summed E-state index contributed by atoms with van der Waals surface area (Å²) in [5, 5.41) is 7.52. The Morgan fingerprint density at radius 3 is 2.65 bits per heavy atom. The van der Waals surface area contributed by atoms with E-state index in [1.807, 2.05) is 47.3 Å². The van der Waals surface area contributed by atoms with Crippen LogP contribution >= 0.6 is 0 Å². The van der Waals surface area contributed by atoms with Gasteiger partial charge in [0.05, 0.1) is 17.4 Å². The highest BCUT2D eigenvalue weighted by molar-refractivity contribution is 5.79. The van der Waals surface area contributed by atoms with Crippen LogP contribution in [0.1, 0.15) is 0 Å². The Morgan fingerprint density at radius 2 is 1.82 bits per heavy atom. The second-order valence-electron chi connectivity index (χ2n) is 3.82. The quantitative estimate of drug-likeness (QED) is 0.670. The maximum atomic E-state index is 4.39. The molecule has 0 aliphatic heterocycles. The van der Waals surface area contributed by atoms with Gasteiger partial charge in [0, 0.05) is 24.8 Å². The SMILES string of the molecule is CN(c1ccncc1)n1ncc2ccccc21. The normalized spacial score (nSPS) is 10.6. The number of pyridine rings is 1. The summed E-state index contributed by atoms with van der Waals surface area (Å²) in [4.78, 5) is 5.89. The fraction of sp³-hybridized carbons (Fsp3) is 0.0769. The van der Waals surface area contributed by atoms with Crippen molar-refractivity contribution in [2.24, 2.45) is 0 Å². The van der Waals surface area contributed by atoms with E-state index >= 15 is 0 Å². The van der Waals surface area contributed by atoms with Gasteiger partial charge < -0.3 is 0 Å². The summed E-state index contributed by atoms with van der Waals surface area (Å²) in [6, 6.07) is 12.0. The van der Waals surface area contributed by atoms with Crippen LogP contribution in [0.25, 0.3) is 10.9 Å². The van der Waals surface area contributed by atoms with Gasteiger partial charge in [-0.15, -0.1) is 0 Å². The van der Waals surface area contributed by atoms with Crippen molar-refractivity contribution in [1.82, 2.24) is 14.9 Å². The van der Waals surface area contributed by atoms with Crippen molar-refractivity contribution >= 4 is 16.6 Å². The van der Waals surface area contributed by atoms with Gasteiger partial charge in [0.15, 0.2) is 0 Å². The Morgan fingerprint density at radius 1 is 1.06 bits per heavy atom. The van der Waals surface area contributed by atoms with Crippen molar-refractivity contribution in [1.29, 1.82) is 0 Å². The van der Waals surface area contributed by atoms with Crippen molar-refractivity contribution in [2.75, 3.05) is 12.1 Å². The fourth-order valence-electron chi connectivity index (χ4n) is 1.87. The minimum Gasteiger partial charge on any atom is -0.268 e. The van der Waals surface area contributed by atoms with E-state index in [0.29, 0.717) is 0 Å². The first-order valence-electron chi connectivity index (χ1n) is 5.43. The van der Waals surface area contributed by atoms with Gasteiger partial charge >= 0.3 is 0 Å². The molecule has 0 unspecified atom stereocenters. The molecule has 0 fully saturated rings. The first-order chi connectivity index (χ1) is 8.36. The van der Waals surface area contributed by atoms with Crippen LogP contribution in [0.15, 0.2) is 55.0 Å². The van der Waals surface area contributed by atoms with Crippen LogP contribution < -0.4 is 5.01 Å². The standard InChI is InChI=1S/C13H12N4/c1-16(12-6-8-14-9-7-12)17-13-5-3-2-4-11(13)10-15-17/h2-10H,1H3. The van der Waals surface area contributed by atoms with Gasteiger partial charge in [0.25, 0.3) is 0 Å². The second kappa shape index (κ2) is 3.90. The molecule has 0 spiro atoms. The zero-order valence-electron chi connectivity index (χ0n) is 9.49. The van der Waals surface area contributed by atoms with Crippen molar-refractivity contribution < 1.29 is 0 Å². The van der Waals surface area contributed by atoms with E-state index in [-0.39, 0.29) is 0 Å². The number of para-hydroxylation sites is 1. The smallest absolute Gasteiger partial charge is 0.0924 e. The molecule has 4 nitrogen and oxygen atoms in total. The van der Waals surface area contributed by atoms with Gasteiger partial charge in [-0.05, 0) is 18.2 Å². The molecule has 3 rings (SSSR count). The van der Waals surface area contributed by atoms with Gasteiger partial charge in [-0.2, -0.15) is 9.89 Å². The number of rotatable bonds is 2. The molecule has 0 radical (unpaired) electrons. The Bertz CT molecular complexity index is 630. The summed E-state index contributed by atoms with van der Waals surface area (Å²) in [5.74, 6) is 0. The highest BCUT2D eigenvalue weighted by Crippen LogP contribution is 2.17. The molecule has 2 aromatic heterocycles. The summed E-state index contributed by atoms with van der Waals surface area (Å²) >= 11 is 0. The lowest BCUT2D eigenvalue weighted by molar-refractivity contribution is 0.694.